The summed E-state index contributed by atoms with van der Waals surface area (Å²) in [4.78, 5) is 32.8. The lowest BCUT2D eigenvalue weighted by Crippen LogP contribution is -2.43. The molecule has 0 spiro atoms. The first-order valence-corrected chi connectivity index (χ1v) is 10.7. The molecule has 6 heteroatoms. The van der Waals surface area contributed by atoms with Gasteiger partial charge in [0, 0.05) is 30.8 Å². The largest absolute Gasteiger partial charge is 0.441 e. The molecule has 30 heavy (non-hydrogen) atoms. The number of hydrogen-bond donors (Lipinski definition) is 1. The lowest BCUT2D eigenvalue weighted by Gasteiger charge is -2.32. The van der Waals surface area contributed by atoms with Gasteiger partial charge in [-0.2, -0.15) is 0 Å². The van der Waals surface area contributed by atoms with Gasteiger partial charge in [0.25, 0.3) is 0 Å². The van der Waals surface area contributed by atoms with Crippen LogP contribution in [0.15, 0.2) is 46.9 Å². The lowest BCUT2D eigenvalue weighted by molar-refractivity contribution is -0.132. The highest BCUT2D eigenvalue weighted by atomic mass is 16.3. The van der Waals surface area contributed by atoms with Crippen molar-refractivity contribution >= 4 is 34.3 Å². The van der Waals surface area contributed by atoms with Crippen molar-refractivity contribution in [1.29, 1.82) is 0 Å². The molecule has 2 aliphatic rings. The van der Waals surface area contributed by atoms with E-state index in [-0.39, 0.29) is 23.7 Å². The van der Waals surface area contributed by atoms with E-state index < -0.39 is 0 Å². The van der Waals surface area contributed by atoms with Crippen LogP contribution in [0.25, 0.3) is 11.1 Å². The molecule has 6 nitrogen and oxygen atoms in total. The van der Waals surface area contributed by atoms with Crippen LogP contribution >= 0.6 is 0 Å². The maximum Gasteiger partial charge on any atom is 0.230 e. The standard InChI is InChI=1S/C24H25N3O3/c1-15-25-20-14-17(10-11-22(20)30-15)26-23(28)18-7-3-4-8-19(18)24(29)27-13-12-16-6-2-5-9-21(16)27/h2,5-6,9-11,14,18-19H,3-4,7-8,12-13H2,1H3,(H,26,28). The SMILES string of the molecule is Cc1nc2cc(NC(=O)C3CCCCC3C(=O)N3CCc4ccccc43)ccc2o1. The molecule has 1 aliphatic carbocycles. The molecule has 2 heterocycles. The van der Waals surface area contributed by atoms with Crippen LogP contribution in [-0.4, -0.2) is 23.3 Å². The van der Waals surface area contributed by atoms with E-state index in [0.717, 1.165) is 43.3 Å². The van der Waals surface area contributed by atoms with Gasteiger partial charge in [0.2, 0.25) is 11.8 Å². The zero-order chi connectivity index (χ0) is 20.7. The molecule has 3 aromatic rings. The second-order valence-corrected chi connectivity index (χ2v) is 8.27. The van der Waals surface area contributed by atoms with E-state index in [4.69, 9.17) is 4.42 Å². The van der Waals surface area contributed by atoms with Gasteiger partial charge in [0.05, 0.1) is 5.92 Å². The number of rotatable bonds is 3. The first-order valence-electron chi connectivity index (χ1n) is 10.7. The Bertz CT molecular complexity index is 1120. The molecule has 0 radical (unpaired) electrons. The number of oxazole rings is 1. The van der Waals surface area contributed by atoms with Crippen molar-refractivity contribution in [3.8, 4) is 0 Å². The van der Waals surface area contributed by atoms with Crippen LogP contribution in [0.3, 0.4) is 0 Å². The van der Waals surface area contributed by atoms with Crippen molar-refractivity contribution in [2.24, 2.45) is 11.8 Å². The Hall–Kier alpha value is -3.15. The van der Waals surface area contributed by atoms with E-state index in [9.17, 15) is 9.59 Å². The van der Waals surface area contributed by atoms with E-state index in [0.29, 0.717) is 23.7 Å². The van der Waals surface area contributed by atoms with E-state index in [1.165, 1.54) is 5.56 Å². The molecular formula is C24H25N3O3. The smallest absolute Gasteiger partial charge is 0.230 e. The summed E-state index contributed by atoms with van der Waals surface area (Å²) in [5.41, 5.74) is 4.31. The van der Waals surface area contributed by atoms with Crippen molar-refractivity contribution in [3.05, 3.63) is 53.9 Å². The third-order valence-electron chi connectivity index (χ3n) is 6.34. The summed E-state index contributed by atoms with van der Waals surface area (Å²) in [6.07, 6.45) is 4.34. The Kier molecular flexibility index (Phi) is 4.77. The van der Waals surface area contributed by atoms with Crippen LogP contribution in [-0.2, 0) is 16.0 Å². The number of para-hydroxylation sites is 1. The summed E-state index contributed by atoms with van der Waals surface area (Å²) in [5.74, 6) is 0.0106. The van der Waals surface area contributed by atoms with Gasteiger partial charge in [-0.1, -0.05) is 31.0 Å². The topological polar surface area (TPSA) is 75.4 Å². The van der Waals surface area contributed by atoms with E-state index in [2.05, 4.69) is 16.4 Å². The first-order chi connectivity index (χ1) is 14.6. The fourth-order valence-corrected chi connectivity index (χ4v) is 4.86. The molecule has 1 saturated carbocycles. The number of nitrogens with zero attached hydrogens (tertiary/aromatic N) is 2. The van der Waals surface area contributed by atoms with Gasteiger partial charge in [-0.3, -0.25) is 9.59 Å². The number of fused-ring (bicyclic) bond motifs is 2. The van der Waals surface area contributed by atoms with Gasteiger partial charge >= 0.3 is 0 Å². The van der Waals surface area contributed by atoms with Crippen molar-refractivity contribution in [3.63, 3.8) is 0 Å². The van der Waals surface area contributed by atoms with Crippen LogP contribution in [0.5, 0.6) is 0 Å². The molecule has 0 bridgehead atoms. The van der Waals surface area contributed by atoms with Gasteiger partial charge in [-0.05, 0) is 49.1 Å². The number of aryl methyl sites for hydroxylation is 1. The average Bonchev–Trinajstić information content (AvgIpc) is 3.35. The second-order valence-electron chi connectivity index (χ2n) is 8.27. The van der Waals surface area contributed by atoms with Crippen molar-refractivity contribution in [2.45, 2.75) is 39.0 Å². The quantitative estimate of drug-likeness (QED) is 0.700. The van der Waals surface area contributed by atoms with Crippen molar-refractivity contribution in [2.75, 3.05) is 16.8 Å². The summed E-state index contributed by atoms with van der Waals surface area (Å²) in [6, 6.07) is 13.5. The summed E-state index contributed by atoms with van der Waals surface area (Å²) in [5, 5.41) is 3.02. The molecule has 1 N–H and O–H groups in total. The number of amides is 2. The molecule has 1 fully saturated rings. The Morgan fingerprint density at radius 3 is 2.77 bits per heavy atom. The molecule has 2 atom stereocenters. The van der Waals surface area contributed by atoms with Crippen LogP contribution in [0, 0.1) is 18.8 Å². The Morgan fingerprint density at radius 2 is 1.90 bits per heavy atom. The second kappa shape index (κ2) is 7.59. The van der Waals surface area contributed by atoms with E-state index >= 15 is 0 Å². The molecule has 0 saturated heterocycles. The first kappa shape index (κ1) is 18.9. The number of nitrogens with one attached hydrogen (secondary N) is 1. The molecule has 2 unspecified atom stereocenters. The zero-order valence-corrected chi connectivity index (χ0v) is 17.1. The predicted molar refractivity (Wildman–Crippen MR) is 115 cm³/mol. The number of anilines is 2. The van der Waals surface area contributed by atoms with Crippen LogP contribution in [0.2, 0.25) is 0 Å². The van der Waals surface area contributed by atoms with Gasteiger partial charge in [-0.15, -0.1) is 0 Å². The van der Waals surface area contributed by atoms with Crippen LogP contribution in [0.4, 0.5) is 11.4 Å². The normalized spacial score (nSPS) is 20.9. The fourth-order valence-electron chi connectivity index (χ4n) is 4.86. The lowest BCUT2D eigenvalue weighted by atomic mass is 9.77. The highest BCUT2D eigenvalue weighted by Gasteiger charge is 2.39. The van der Waals surface area contributed by atoms with Crippen LogP contribution in [0.1, 0.15) is 37.1 Å². The minimum absolute atomic E-state index is 0.0832. The van der Waals surface area contributed by atoms with E-state index in [1.54, 1.807) is 6.92 Å². The Balaban J connectivity index is 1.35. The number of carbonyl (C=O) groups excluding carboxylic acids is 2. The van der Waals surface area contributed by atoms with Crippen LogP contribution < -0.4 is 10.2 Å². The summed E-state index contributed by atoms with van der Waals surface area (Å²) >= 11 is 0. The summed E-state index contributed by atoms with van der Waals surface area (Å²) in [7, 11) is 0. The van der Waals surface area contributed by atoms with Gasteiger partial charge < -0.3 is 14.6 Å². The summed E-state index contributed by atoms with van der Waals surface area (Å²) in [6.45, 7) is 2.50. The highest BCUT2D eigenvalue weighted by Crippen LogP contribution is 2.36. The van der Waals surface area contributed by atoms with Gasteiger partial charge in [0.15, 0.2) is 11.5 Å². The number of hydrogen-bond acceptors (Lipinski definition) is 4. The molecule has 1 aromatic heterocycles. The Labute approximate surface area is 175 Å². The number of aromatic nitrogens is 1. The molecule has 5 rings (SSSR count). The van der Waals surface area contributed by atoms with E-state index in [1.807, 2.05) is 41.3 Å². The fraction of sp³-hybridized carbons (Fsp3) is 0.375. The minimum atomic E-state index is -0.311. The highest BCUT2D eigenvalue weighted by molar-refractivity contribution is 6.02. The maximum atomic E-state index is 13.4. The molecule has 2 aromatic carbocycles. The zero-order valence-electron chi connectivity index (χ0n) is 17.1. The molecule has 1 aliphatic heterocycles. The third-order valence-corrected chi connectivity index (χ3v) is 6.34. The maximum absolute atomic E-state index is 13.4. The van der Waals surface area contributed by atoms with Crippen molar-refractivity contribution < 1.29 is 14.0 Å². The molecule has 2 amide bonds. The molecular weight excluding hydrogens is 378 g/mol. The number of carbonyl (C=O) groups is 2. The van der Waals surface area contributed by atoms with Crippen molar-refractivity contribution in [1.82, 2.24) is 4.98 Å². The summed E-state index contributed by atoms with van der Waals surface area (Å²) < 4.78 is 5.50. The minimum Gasteiger partial charge on any atom is -0.441 e. The average molecular weight is 403 g/mol. The Morgan fingerprint density at radius 1 is 1.10 bits per heavy atom. The monoisotopic (exact) mass is 403 g/mol. The van der Waals surface area contributed by atoms with Gasteiger partial charge in [0.1, 0.15) is 5.52 Å². The van der Waals surface area contributed by atoms with Gasteiger partial charge in [-0.25, -0.2) is 4.98 Å². The molecule has 154 valence electrons. The predicted octanol–water partition coefficient (Wildman–Crippen LogP) is 4.47. The number of benzene rings is 2. The third kappa shape index (κ3) is 3.36.